The molecule has 0 nitrogen and oxygen atoms in total. The van der Waals surface area contributed by atoms with Gasteiger partial charge in [0.15, 0.2) is 0 Å². The van der Waals surface area contributed by atoms with E-state index in [1.807, 2.05) is 24.3 Å². The fraction of sp³-hybridized carbons (Fsp3) is 0.782. The van der Waals surface area contributed by atoms with E-state index in [4.69, 9.17) is 11.6 Å². The molecule has 5 saturated carbocycles. The molecule has 0 saturated heterocycles. The van der Waals surface area contributed by atoms with Crippen LogP contribution in [-0.2, 0) is 10.8 Å². The third kappa shape index (κ3) is 15.3. The van der Waals surface area contributed by atoms with Crippen LogP contribution in [0.15, 0.2) is 48.5 Å². The van der Waals surface area contributed by atoms with E-state index in [0.29, 0.717) is 22.2 Å². The zero-order chi connectivity index (χ0) is 41.6. The fourth-order valence-corrected chi connectivity index (χ4v) is 10.6. The number of hydrogen-bond donors (Lipinski definition) is 0. The van der Waals surface area contributed by atoms with Crippen molar-refractivity contribution in [2.45, 2.75) is 230 Å². The van der Waals surface area contributed by atoms with Crippen LogP contribution in [0.1, 0.15) is 230 Å². The van der Waals surface area contributed by atoms with E-state index < -0.39 is 0 Å². The number of hydrogen-bond acceptors (Lipinski definition) is 0. The molecular weight excluding hydrogens is 715 g/mol. The van der Waals surface area contributed by atoms with Crippen molar-refractivity contribution in [3.63, 3.8) is 0 Å². The first-order valence-electron chi connectivity index (χ1n) is 23.9. The average Bonchev–Trinajstić information content (AvgIpc) is 3.52. The number of benzene rings is 2. The van der Waals surface area contributed by atoms with Crippen LogP contribution in [0.3, 0.4) is 0 Å². The van der Waals surface area contributed by atoms with Crippen LogP contribution in [0.2, 0.25) is 5.02 Å². The second-order valence-corrected chi connectivity index (χ2v) is 21.8. The Bertz CT molecular complexity index is 1250. The summed E-state index contributed by atoms with van der Waals surface area (Å²) in [5.74, 6) is 5.02. The van der Waals surface area contributed by atoms with Gasteiger partial charge in [-0.05, 0) is 144 Å². The van der Waals surface area contributed by atoms with Gasteiger partial charge in [0.05, 0.1) is 0 Å². The molecule has 328 valence electrons. The first-order valence-corrected chi connectivity index (χ1v) is 24.3. The molecule has 5 aliphatic rings. The minimum atomic E-state index is -0.129. The fourth-order valence-electron chi connectivity index (χ4n) is 10.5. The summed E-state index contributed by atoms with van der Waals surface area (Å²) >= 11 is 5.94. The smallest absolute Gasteiger partial charge is 0.123 e. The Hall–Kier alpha value is -1.34. The van der Waals surface area contributed by atoms with Gasteiger partial charge in [-0.1, -0.05) is 203 Å². The van der Waals surface area contributed by atoms with Crippen LogP contribution in [0, 0.1) is 52.2 Å². The third-order valence-corrected chi connectivity index (χ3v) is 16.7. The summed E-state index contributed by atoms with van der Waals surface area (Å²) in [5.41, 5.74) is 4.98. The van der Waals surface area contributed by atoms with Gasteiger partial charge in [0.25, 0.3) is 0 Å². The van der Waals surface area contributed by atoms with Crippen LogP contribution < -0.4 is 0 Å². The lowest BCUT2D eigenvalue weighted by atomic mass is 9.69. The van der Waals surface area contributed by atoms with Crippen molar-refractivity contribution in [1.82, 2.24) is 0 Å². The van der Waals surface area contributed by atoms with E-state index in [2.05, 4.69) is 95.2 Å². The van der Waals surface area contributed by atoms with E-state index in [0.717, 1.165) is 40.0 Å². The minimum Gasteiger partial charge on any atom is -0.207 e. The van der Waals surface area contributed by atoms with Crippen LogP contribution in [0.25, 0.3) is 0 Å². The summed E-state index contributed by atoms with van der Waals surface area (Å²) in [6, 6.07) is 15.6. The summed E-state index contributed by atoms with van der Waals surface area (Å²) in [6.45, 7) is 28.2. The molecule has 5 fully saturated rings. The normalized spacial score (nSPS) is 21.6. The first-order chi connectivity index (χ1) is 26.4. The standard InChI is InChI=1S/C14H19Cl.C14H19F.C10H20.C9H18.C7H14.CH4/c2*1-11(2)14(9-3-4-10-14)12-5-7-13(15)8-6-12;1-9(2)10(3)7-5-4-6-8-10;1-8(2)9-6-4-3-5-7-9;1-6(2)7(3)4-5-7;/h2*5-8,11H,3-4,9-10H2,1-2H3;9H,4-8H2,1-3H3;8-9H,3-7H2,1-2H3;6H,4-5H2,1-3H3;1H4. The molecule has 0 radical (unpaired) electrons. The Labute approximate surface area is 361 Å². The van der Waals surface area contributed by atoms with Gasteiger partial charge in [-0.2, -0.15) is 0 Å². The topological polar surface area (TPSA) is 0 Å². The molecule has 0 N–H and O–H groups in total. The van der Waals surface area contributed by atoms with E-state index in [1.54, 1.807) is 12.1 Å². The highest BCUT2D eigenvalue weighted by Gasteiger charge is 2.40. The van der Waals surface area contributed by atoms with Crippen molar-refractivity contribution in [1.29, 1.82) is 0 Å². The van der Waals surface area contributed by atoms with Gasteiger partial charge in [0.2, 0.25) is 0 Å². The summed E-state index contributed by atoms with van der Waals surface area (Å²) < 4.78 is 12.9. The number of rotatable bonds is 7. The van der Waals surface area contributed by atoms with Crippen molar-refractivity contribution < 1.29 is 4.39 Å². The Morgan fingerprint density at radius 3 is 1.07 bits per heavy atom. The second-order valence-electron chi connectivity index (χ2n) is 21.4. The van der Waals surface area contributed by atoms with Crippen molar-refractivity contribution in [3.8, 4) is 0 Å². The Morgan fingerprint density at radius 1 is 0.456 bits per heavy atom. The molecule has 0 bridgehead atoms. The van der Waals surface area contributed by atoms with Crippen molar-refractivity contribution in [3.05, 3.63) is 70.5 Å². The van der Waals surface area contributed by atoms with Crippen LogP contribution in [0.5, 0.6) is 0 Å². The molecular formula is C55H94ClF. The molecule has 2 heteroatoms. The van der Waals surface area contributed by atoms with E-state index in [9.17, 15) is 4.39 Å². The highest BCUT2D eigenvalue weighted by atomic mass is 35.5. The maximum Gasteiger partial charge on any atom is 0.123 e. The maximum atomic E-state index is 12.9. The monoisotopic (exact) mass is 809 g/mol. The van der Waals surface area contributed by atoms with Gasteiger partial charge in [0, 0.05) is 5.02 Å². The molecule has 0 unspecified atom stereocenters. The molecule has 5 aliphatic carbocycles. The van der Waals surface area contributed by atoms with Gasteiger partial charge in [0.1, 0.15) is 5.82 Å². The van der Waals surface area contributed by atoms with Crippen LogP contribution in [0.4, 0.5) is 4.39 Å². The highest BCUT2D eigenvalue weighted by Crippen LogP contribution is 2.51. The molecule has 57 heavy (non-hydrogen) atoms. The van der Waals surface area contributed by atoms with Gasteiger partial charge in [-0.15, -0.1) is 0 Å². The maximum absolute atomic E-state index is 12.9. The minimum absolute atomic E-state index is 0. The average molecular weight is 810 g/mol. The predicted octanol–water partition coefficient (Wildman–Crippen LogP) is 19.0. The quantitative estimate of drug-likeness (QED) is 0.261. The lowest BCUT2D eigenvalue weighted by molar-refractivity contribution is 0.143. The zero-order valence-electron chi connectivity index (χ0n) is 39.0. The first kappa shape index (κ1) is 51.8. The lowest BCUT2D eigenvalue weighted by Crippen LogP contribution is -2.28. The molecule has 0 amide bonds. The molecule has 0 heterocycles. The van der Waals surface area contributed by atoms with Gasteiger partial charge in [-0.25, -0.2) is 4.39 Å². The van der Waals surface area contributed by atoms with Crippen LogP contribution in [-0.4, -0.2) is 0 Å². The summed E-state index contributed by atoms with van der Waals surface area (Å²) in [6.07, 6.45) is 28.3. The van der Waals surface area contributed by atoms with E-state index >= 15 is 0 Å². The van der Waals surface area contributed by atoms with Gasteiger partial charge < -0.3 is 0 Å². The second kappa shape index (κ2) is 24.2. The molecule has 2 aromatic carbocycles. The summed E-state index contributed by atoms with van der Waals surface area (Å²) in [7, 11) is 0. The molecule has 7 rings (SSSR count). The molecule has 0 spiro atoms. The Morgan fingerprint density at radius 2 is 0.789 bits per heavy atom. The molecule has 0 atom stereocenters. The largest absolute Gasteiger partial charge is 0.207 e. The predicted molar refractivity (Wildman–Crippen MR) is 254 cm³/mol. The molecule has 2 aromatic rings. The van der Waals surface area contributed by atoms with Gasteiger partial charge in [-0.3, -0.25) is 0 Å². The van der Waals surface area contributed by atoms with Crippen molar-refractivity contribution in [2.24, 2.45) is 46.3 Å². The van der Waals surface area contributed by atoms with E-state index in [-0.39, 0.29) is 13.2 Å². The van der Waals surface area contributed by atoms with E-state index in [1.165, 1.54) is 140 Å². The summed E-state index contributed by atoms with van der Waals surface area (Å²) in [4.78, 5) is 0. The van der Waals surface area contributed by atoms with Crippen LogP contribution >= 0.6 is 11.6 Å². The van der Waals surface area contributed by atoms with Crippen molar-refractivity contribution in [2.75, 3.05) is 0 Å². The third-order valence-electron chi connectivity index (χ3n) is 16.5. The zero-order valence-corrected chi connectivity index (χ0v) is 39.7. The lowest BCUT2D eigenvalue weighted by Gasteiger charge is -2.37. The SMILES string of the molecule is C.CC(C)C1(C)CC1.CC(C)C1(C)CCCCC1.CC(C)C1(c2ccc(Cl)cc2)CCCC1.CC(C)C1(c2ccc(F)cc2)CCCC1.CC(C)C1CCCCC1. The Kier molecular flexibility index (Phi) is 22.0. The summed E-state index contributed by atoms with van der Waals surface area (Å²) in [5, 5.41) is 0.843. The molecule has 0 aromatic heterocycles. The van der Waals surface area contributed by atoms with Crippen molar-refractivity contribution >= 4 is 11.6 Å². The highest BCUT2D eigenvalue weighted by molar-refractivity contribution is 6.30. The molecule has 0 aliphatic heterocycles. The van der Waals surface area contributed by atoms with Gasteiger partial charge >= 0.3 is 0 Å². The Balaban J connectivity index is 0.000000252. The number of halogens is 2.